The standard InChI is InChI=1S/C19H20N4OS2/c1-23-16(12-15-8-5-11-25-15)21-22-19(23)26-17(13-6-3-2-4-7-13)18(24)20-14-9-10-14/h2-8,11,14,17H,9-10,12H2,1H3,(H,20,24)/t17-/m1/s1. The van der Waals surface area contributed by atoms with Crippen molar-refractivity contribution in [2.24, 2.45) is 7.05 Å². The Kier molecular flexibility index (Phi) is 5.08. The Balaban J connectivity index is 1.55. The fourth-order valence-electron chi connectivity index (χ4n) is 2.68. The van der Waals surface area contributed by atoms with Crippen molar-refractivity contribution < 1.29 is 4.79 Å². The van der Waals surface area contributed by atoms with Crippen molar-refractivity contribution in [3.63, 3.8) is 0 Å². The number of thiophene rings is 1. The molecule has 0 aliphatic heterocycles. The van der Waals surface area contributed by atoms with Gasteiger partial charge in [-0.25, -0.2) is 0 Å². The Bertz CT molecular complexity index is 872. The molecule has 0 unspecified atom stereocenters. The summed E-state index contributed by atoms with van der Waals surface area (Å²) < 4.78 is 1.99. The molecule has 0 bridgehead atoms. The number of carbonyl (C=O) groups is 1. The van der Waals surface area contributed by atoms with E-state index in [9.17, 15) is 4.79 Å². The van der Waals surface area contributed by atoms with Crippen LogP contribution in [-0.4, -0.2) is 26.7 Å². The number of rotatable bonds is 7. The van der Waals surface area contributed by atoms with Gasteiger partial charge in [0.05, 0.1) is 0 Å². The quantitative estimate of drug-likeness (QED) is 0.633. The van der Waals surface area contributed by atoms with Crippen LogP contribution in [0.3, 0.4) is 0 Å². The van der Waals surface area contributed by atoms with Crippen LogP contribution in [0.25, 0.3) is 0 Å². The van der Waals surface area contributed by atoms with Crippen LogP contribution in [0.5, 0.6) is 0 Å². The first-order valence-electron chi connectivity index (χ1n) is 8.63. The topological polar surface area (TPSA) is 59.8 Å². The summed E-state index contributed by atoms with van der Waals surface area (Å²) in [6, 6.07) is 14.4. The SMILES string of the molecule is Cn1c(Cc2cccs2)nnc1S[C@@H](C(=O)NC1CC1)c1ccccc1. The van der Waals surface area contributed by atoms with Gasteiger partial charge in [0.2, 0.25) is 5.91 Å². The number of nitrogens with zero attached hydrogens (tertiary/aromatic N) is 3. The highest BCUT2D eigenvalue weighted by atomic mass is 32.2. The van der Waals surface area contributed by atoms with Gasteiger partial charge in [-0.3, -0.25) is 4.79 Å². The summed E-state index contributed by atoms with van der Waals surface area (Å²) in [5.74, 6) is 0.955. The van der Waals surface area contributed by atoms with Crippen LogP contribution in [0.1, 0.15) is 34.4 Å². The minimum absolute atomic E-state index is 0.0477. The first-order valence-corrected chi connectivity index (χ1v) is 10.4. The number of thioether (sulfide) groups is 1. The van der Waals surface area contributed by atoms with Gasteiger partial charge >= 0.3 is 0 Å². The first kappa shape index (κ1) is 17.3. The van der Waals surface area contributed by atoms with Gasteiger partial charge in [0.15, 0.2) is 5.16 Å². The molecule has 1 N–H and O–H groups in total. The zero-order valence-corrected chi connectivity index (χ0v) is 16.1. The summed E-state index contributed by atoms with van der Waals surface area (Å²) in [7, 11) is 1.96. The lowest BCUT2D eigenvalue weighted by Gasteiger charge is -2.16. The monoisotopic (exact) mass is 384 g/mol. The van der Waals surface area contributed by atoms with E-state index in [2.05, 4.69) is 27.0 Å². The third-order valence-corrected chi connectivity index (χ3v) is 6.49. The molecule has 7 heteroatoms. The number of hydrogen-bond donors (Lipinski definition) is 1. The Labute approximate surface area is 160 Å². The van der Waals surface area contributed by atoms with Crippen LogP contribution in [0.2, 0.25) is 0 Å². The number of carbonyl (C=O) groups excluding carboxylic acids is 1. The van der Waals surface area contributed by atoms with Gasteiger partial charge in [0.1, 0.15) is 11.1 Å². The summed E-state index contributed by atoms with van der Waals surface area (Å²) in [6.07, 6.45) is 2.91. The highest BCUT2D eigenvalue weighted by molar-refractivity contribution is 8.00. The van der Waals surface area contributed by atoms with Crippen LogP contribution in [0, 0.1) is 0 Å². The second kappa shape index (κ2) is 7.63. The molecule has 0 saturated heterocycles. The number of nitrogens with one attached hydrogen (secondary N) is 1. The molecule has 26 heavy (non-hydrogen) atoms. The largest absolute Gasteiger partial charge is 0.352 e. The van der Waals surface area contributed by atoms with Crippen molar-refractivity contribution in [1.82, 2.24) is 20.1 Å². The van der Waals surface area contributed by atoms with Crippen LogP contribution in [0.15, 0.2) is 53.0 Å². The van der Waals surface area contributed by atoms with Gasteiger partial charge in [-0.15, -0.1) is 21.5 Å². The van der Waals surface area contributed by atoms with E-state index in [0.717, 1.165) is 35.8 Å². The molecule has 1 amide bonds. The van der Waals surface area contributed by atoms with Crippen LogP contribution in [0.4, 0.5) is 0 Å². The number of hydrogen-bond acceptors (Lipinski definition) is 5. The molecule has 1 fully saturated rings. The maximum absolute atomic E-state index is 12.8. The van der Waals surface area contributed by atoms with Gasteiger partial charge < -0.3 is 9.88 Å². The summed E-state index contributed by atoms with van der Waals surface area (Å²) in [5, 5.41) is 14.3. The van der Waals surface area contributed by atoms with Crippen molar-refractivity contribution >= 4 is 29.0 Å². The van der Waals surface area contributed by atoms with Crippen LogP contribution in [-0.2, 0) is 18.3 Å². The van der Waals surface area contributed by atoms with E-state index in [4.69, 9.17) is 0 Å². The van der Waals surface area contributed by atoms with E-state index in [1.54, 1.807) is 11.3 Å². The molecule has 2 heterocycles. The lowest BCUT2D eigenvalue weighted by atomic mass is 10.1. The van der Waals surface area contributed by atoms with Gasteiger partial charge in [-0.2, -0.15) is 0 Å². The average molecular weight is 385 g/mol. The maximum atomic E-state index is 12.8. The lowest BCUT2D eigenvalue weighted by molar-refractivity contribution is -0.120. The van der Waals surface area contributed by atoms with E-state index in [0.29, 0.717) is 6.04 Å². The molecular formula is C19H20N4OS2. The molecule has 4 rings (SSSR count). The number of aromatic nitrogens is 3. The third kappa shape index (κ3) is 3.99. The summed E-state index contributed by atoms with van der Waals surface area (Å²) in [6.45, 7) is 0. The Morgan fingerprint density at radius 3 is 2.77 bits per heavy atom. The van der Waals surface area contributed by atoms with E-state index in [1.165, 1.54) is 16.6 Å². The molecule has 134 valence electrons. The third-order valence-electron chi connectivity index (χ3n) is 4.32. The molecule has 1 atom stereocenters. The zero-order chi connectivity index (χ0) is 17.9. The molecule has 1 aromatic carbocycles. The molecule has 1 aliphatic rings. The molecule has 0 radical (unpaired) electrons. The second-order valence-corrected chi connectivity index (χ2v) is 8.51. The van der Waals surface area contributed by atoms with Crippen molar-refractivity contribution in [1.29, 1.82) is 0 Å². The van der Waals surface area contributed by atoms with Gasteiger partial charge in [-0.1, -0.05) is 48.2 Å². The molecule has 2 aromatic heterocycles. The highest BCUT2D eigenvalue weighted by Crippen LogP contribution is 2.35. The first-order chi connectivity index (χ1) is 12.7. The summed E-state index contributed by atoms with van der Waals surface area (Å²) >= 11 is 3.17. The predicted molar refractivity (Wildman–Crippen MR) is 104 cm³/mol. The number of amides is 1. The van der Waals surface area contributed by atoms with E-state index >= 15 is 0 Å². The molecule has 5 nitrogen and oxygen atoms in total. The minimum Gasteiger partial charge on any atom is -0.352 e. The summed E-state index contributed by atoms with van der Waals surface area (Å²) in [4.78, 5) is 14.0. The van der Waals surface area contributed by atoms with E-state index in [1.807, 2.05) is 48.0 Å². The Morgan fingerprint density at radius 1 is 1.27 bits per heavy atom. The van der Waals surface area contributed by atoms with Gasteiger partial charge in [0.25, 0.3) is 0 Å². The summed E-state index contributed by atoms with van der Waals surface area (Å²) in [5.41, 5.74) is 0.985. The zero-order valence-electron chi connectivity index (χ0n) is 14.5. The maximum Gasteiger partial charge on any atom is 0.238 e. The Morgan fingerprint density at radius 2 is 2.08 bits per heavy atom. The fraction of sp³-hybridized carbons (Fsp3) is 0.316. The smallest absolute Gasteiger partial charge is 0.238 e. The highest BCUT2D eigenvalue weighted by Gasteiger charge is 2.30. The van der Waals surface area contributed by atoms with Crippen molar-refractivity contribution in [2.45, 2.75) is 35.7 Å². The van der Waals surface area contributed by atoms with Crippen molar-refractivity contribution in [3.05, 3.63) is 64.1 Å². The van der Waals surface area contributed by atoms with Crippen molar-refractivity contribution in [3.8, 4) is 0 Å². The molecule has 1 aliphatic carbocycles. The molecule has 3 aromatic rings. The molecule has 0 spiro atoms. The average Bonchev–Trinajstić information content (AvgIpc) is 3.19. The second-order valence-electron chi connectivity index (χ2n) is 6.41. The van der Waals surface area contributed by atoms with E-state index < -0.39 is 0 Å². The van der Waals surface area contributed by atoms with Gasteiger partial charge in [-0.05, 0) is 29.9 Å². The molecule has 1 saturated carbocycles. The normalized spacial score (nSPS) is 15.0. The number of benzene rings is 1. The van der Waals surface area contributed by atoms with E-state index in [-0.39, 0.29) is 11.2 Å². The molecular weight excluding hydrogens is 364 g/mol. The van der Waals surface area contributed by atoms with Crippen LogP contribution < -0.4 is 5.32 Å². The van der Waals surface area contributed by atoms with Crippen LogP contribution >= 0.6 is 23.1 Å². The predicted octanol–water partition coefficient (Wildman–Crippen LogP) is 3.58. The van der Waals surface area contributed by atoms with Gasteiger partial charge in [0, 0.05) is 24.4 Å². The fourth-order valence-corrected chi connectivity index (χ4v) is 4.41. The minimum atomic E-state index is -0.325. The Hall–Kier alpha value is -2.12. The lowest BCUT2D eigenvalue weighted by Crippen LogP contribution is -2.29. The van der Waals surface area contributed by atoms with Crippen molar-refractivity contribution in [2.75, 3.05) is 0 Å².